The Morgan fingerprint density at radius 3 is 3.00 bits per heavy atom. The van der Waals surface area contributed by atoms with Gasteiger partial charge in [0.25, 0.3) is 5.91 Å². The number of nitrogens with one attached hydrogen (secondary N) is 1. The van der Waals surface area contributed by atoms with Crippen molar-refractivity contribution in [3.8, 4) is 5.75 Å². The maximum atomic E-state index is 12.1. The number of rotatable bonds is 5. The first kappa shape index (κ1) is 14.2. The molecule has 6 heteroatoms. The molecule has 1 aromatic carbocycles. The fourth-order valence-corrected chi connectivity index (χ4v) is 2.17. The minimum Gasteiger partial charge on any atom is -0.493 e. The number of para-hydroxylation sites is 1. The third-order valence-electron chi connectivity index (χ3n) is 3.34. The summed E-state index contributed by atoms with van der Waals surface area (Å²) < 4.78 is 15.6. The molecule has 0 saturated heterocycles. The van der Waals surface area contributed by atoms with Crippen LogP contribution in [0.1, 0.15) is 22.2 Å². The summed E-state index contributed by atoms with van der Waals surface area (Å²) in [4.78, 5) is 12.1. The maximum absolute atomic E-state index is 12.1. The molecule has 3 aromatic rings. The van der Waals surface area contributed by atoms with Crippen molar-refractivity contribution in [2.75, 3.05) is 13.7 Å². The Balaban J connectivity index is 1.72. The van der Waals surface area contributed by atoms with Crippen LogP contribution in [0.4, 0.5) is 0 Å². The molecule has 1 amide bonds. The lowest BCUT2D eigenvalue weighted by Crippen LogP contribution is -2.27. The molecule has 2 aromatic heterocycles. The van der Waals surface area contributed by atoms with Gasteiger partial charge in [0, 0.05) is 17.5 Å². The number of amides is 1. The van der Waals surface area contributed by atoms with Crippen LogP contribution in [-0.4, -0.2) is 24.7 Å². The third-order valence-corrected chi connectivity index (χ3v) is 3.34. The molecule has 0 saturated carbocycles. The van der Waals surface area contributed by atoms with E-state index in [9.17, 15) is 9.90 Å². The van der Waals surface area contributed by atoms with Crippen LogP contribution in [0.25, 0.3) is 11.0 Å². The lowest BCUT2D eigenvalue weighted by atomic mass is 10.2. The Kier molecular flexibility index (Phi) is 3.84. The zero-order valence-electron chi connectivity index (χ0n) is 11.9. The van der Waals surface area contributed by atoms with Gasteiger partial charge in [0.2, 0.25) is 0 Å². The average Bonchev–Trinajstić information content (AvgIpc) is 3.20. The van der Waals surface area contributed by atoms with Gasteiger partial charge in [-0.3, -0.25) is 4.79 Å². The summed E-state index contributed by atoms with van der Waals surface area (Å²) in [7, 11) is 1.54. The first-order chi connectivity index (χ1) is 10.7. The molecule has 3 rings (SSSR count). The number of furan rings is 2. The number of carbonyl (C=O) groups excluding carboxylic acids is 1. The molecule has 0 radical (unpaired) electrons. The average molecular weight is 301 g/mol. The zero-order valence-corrected chi connectivity index (χ0v) is 11.9. The summed E-state index contributed by atoms with van der Waals surface area (Å²) in [5, 5.41) is 13.3. The van der Waals surface area contributed by atoms with Crippen LogP contribution in [0, 0.1) is 0 Å². The van der Waals surface area contributed by atoms with E-state index in [1.165, 1.54) is 19.6 Å². The van der Waals surface area contributed by atoms with E-state index in [1.54, 1.807) is 18.2 Å². The second-order valence-electron chi connectivity index (χ2n) is 4.77. The first-order valence-corrected chi connectivity index (χ1v) is 6.74. The van der Waals surface area contributed by atoms with Gasteiger partial charge < -0.3 is 24.0 Å². The van der Waals surface area contributed by atoms with Gasteiger partial charge in [-0.15, -0.1) is 0 Å². The summed E-state index contributed by atoms with van der Waals surface area (Å²) in [5.74, 6) is 0.328. The van der Waals surface area contributed by atoms with E-state index in [4.69, 9.17) is 13.6 Å². The van der Waals surface area contributed by atoms with Crippen LogP contribution in [-0.2, 0) is 0 Å². The van der Waals surface area contributed by atoms with E-state index in [0.29, 0.717) is 16.9 Å². The monoisotopic (exact) mass is 301 g/mol. The van der Waals surface area contributed by atoms with Crippen molar-refractivity contribution in [3.63, 3.8) is 0 Å². The van der Waals surface area contributed by atoms with E-state index in [0.717, 1.165) is 5.39 Å². The van der Waals surface area contributed by atoms with E-state index < -0.39 is 12.0 Å². The molecule has 0 aliphatic rings. The van der Waals surface area contributed by atoms with Crippen molar-refractivity contribution in [1.82, 2.24) is 5.32 Å². The Morgan fingerprint density at radius 2 is 2.27 bits per heavy atom. The molecule has 6 nitrogen and oxygen atoms in total. The number of ether oxygens (including phenoxy) is 1. The number of aliphatic hydroxyl groups is 1. The zero-order chi connectivity index (χ0) is 15.5. The lowest BCUT2D eigenvalue weighted by Gasteiger charge is -2.08. The van der Waals surface area contributed by atoms with Crippen LogP contribution in [0.2, 0.25) is 0 Å². The highest BCUT2D eigenvalue weighted by Gasteiger charge is 2.16. The van der Waals surface area contributed by atoms with E-state index >= 15 is 0 Å². The number of carbonyl (C=O) groups is 1. The predicted molar refractivity (Wildman–Crippen MR) is 78.8 cm³/mol. The van der Waals surface area contributed by atoms with Gasteiger partial charge in [-0.25, -0.2) is 0 Å². The Morgan fingerprint density at radius 1 is 1.41 bits per heavy atom. The summed E-state index contributed by atoms with van der Waals surface area (Å²) in [5.41, 5.74) is 1.12. The van der Waals surface area contributed by atoms with Crippen LogP contribution in [0.15, 0.2) is 51.7 Å². The van der Waals surface area contributed by atoms with Crippen molar-refractivity contribution >= 4 is 16.9 Å². The van der Waals surface area contributed by atoms with Crippen LogP contribution >= 0.6 is 0 Å². The predicted octanol–water partition coefficient (Wildman–Crippen LogP) is 2.50. The van der Waals surface area contributed by atoms with Gasteiger partial charge in [-0.1, -0.05) is 12.1 Å². The number of hydrogen-bond acceptors (Lipinski definition) is 5. The van der Waals surface area contributed by atoms with Crippen molar-refractivity contribution in [2.24, 2.45) is 0 Å². The van der Waals surface area contributed by atoms with Crippen molar-refractivity contribution < 1.29 is 23.5 Å². The van der Waals surface area contributed by atoms with Gasteiger partial charge >= 0.3 is 0 Å². The summed E-state index contributed by atoms with van der Waals surface area (Å²) in [6, 6.07) is 8.69. The van der Waals surface area contributed by atoms with Crippen LogP contribution in [0.5, 0.6) is 5.75 Å². The van der Waals surface area contributed by atoms with Crippen molar-refractivity contribution in [3.05, 3.63) is 54.2 Å². The minimum atomic E-state index is -0.832. The number of methoxy groups -OCH3 is 1. The number of fused-ring (bicyclic) bond motifs is 1. The molecule has 0 fully saturated rings. The van der Waals surface area contributed by atoms with E-state index in [2.05, 4.69) is 5.32 Å². The number of aliphatic hydroxyl groups excluding tert-OH is 1. The smallest absolute Gasteiger partial charge is 0.287 e. The molecular weight excluding hydrogens is 286 g/mol. The first-order valence-electron chi connectivity index (χ1n) is 6.74. The van der Waals surface area contributed by atoms with Gasteiger partial charge in [0.15, 0.2) is 17.1 Å². The number of hydrogen-bond donors (Lipinski definition) is 2. The fourth-order valence-electron chi connectivity index (χ4n) is 2.17. The molecule has 2 heterocycles. The molecule has 0 spiro atoms. The standard InChI is InChI=1S/C16H15NO5/c1-20-13-4-2-3-10-7-14(22-15(10)13)16(19)17-8-12(18)11-5-6-21-9-11/h2-7,9,12,18H,8H2,1H3,(H,17,19). The van der Waals surface area contributed by atoms with Gasteiger partial charge in [-0.05, 0) is 18.2 Å². The minimum absolute atomic E-state index is 0.0621. The molecule has 2 N–H and O–H groups in total. The van der Waals surface area contributed by atoms with E-state index in [1.807, 2.05) is 12.1 Å². The molecule has 114 valence electrons. The highest BCUT2D eigenvalue weighted by molar-refractivity contribution is 5.97. The molecule has 0 aliphatic carbocycles. The topological polar surface area (TPSA) is 84.8 Å². The molecular formula is C16H15NO5. The highest BCUT2D eigenvalue weighted by Crippen LogP contribution is 2.28. The quantitative estimate of drug-likeness (QED) is 0.756. The summed E-state index contributed by atoms with van der Waals surface area (Å²) >= 11 is 0. The lowest BCUT2D eigenvalue weighted by molar-refractivity contribution is 0.0890. The second-order valence-corrected chi connectivity index (χ2v) is 4.77. The molecule has 1 atom stereocenters. The largest absolute Gasteiger partial charge is 0.493 e. The Labute approximate surface area is 126 Å². The SMILES string of the molecule is COc1cccc2cc(C(=O)NCC(O)c3ccoc3)oc12. The second kappa shape index (κ2) is 5.95. The molecule has 1 unspecified atom stereocenters. The van der Waals surface area contributed by atoms with Crippen LogP contribution in [0.3, 0.4) is 0 Å². The number of benzene rings is 1. The highest BCUT2D eigenvalue weighted by atomic mass is 16.5. The third kappa shape index (κ3) is 2.68. The molecule has 0 bridgehead atoms. The summed E-state index contributed by atoms with van der Waals surface area (Å²) in [6.45, 7) is 0.0621. The fraction of sp³-hybridized carbons (Fsp3) is 0.188. The Bertz CT molecular complexity index is 775. The van der Waals surface area contributed by atoms with E-state index in [-0.39, 0.29) is 12.3 Å². The van der Waals surface area contributed by atoms with Crippen molar-refractivity contribution in [2.45, 2.75) is 6.10 Å². The van der Waals surface area contributed by atoms with Crippen LogP contribution < -0.4 is 10.1 Å². The molecule has 22 heavy (non-hydrogen) atoms. The van der Waals surface area contributed by atoms with Crippen molar-refractivity contribution in [1.29, 1.82) is 0 Å². The van der Waals surface area contributed by atoms with Gasteiger partial charge in [-0.2, -0.15) is 0 Å². The summed E-state index contributed by atoms with van der Waals surface area (Å²) in [6.07, 6.45) is 2.07. The van der Waals surface area contributed by atoms with Gasteiger partial charge in [0.05, 0.1) is 25.7 Å². The normalized spacial score (nSPS) is 12.3. The van der Waals surface area contributed by atoms with Gasteiger partial charge in [0.1, 0.15) is 0 Å². The molecule has 0 aliphatic heterocycles. The Hall–Kier alpha value is -2.73. The maximum Gasteiger partial charge on any atom is 0.287 e.